The van der Waals surface area contributed by atoms with Crippen molar-refractivity contribution in [2.75, 3.05) is 7.11 Å². The van der Waals surface area contributed by atoms with Crippen molar-refractivity contribution >= 4 is 12.0 Å². The predicted octanol–water partition coefficient (Wildman–Crippen LogP) is 2.12. The first-order valence-electron chi connectivity index (χ1n) is 4.94. The van der Waals surface area contributed by atoms with Gasteiger partial charge in [0.15, 0.2) is 0 Å². The average Bonchev–Trinajstić information content (AvgIpc) is 2.29. The molecule has 0 bridgehead atoms. The van der Waals surface area contributed by atoms with Gasteiger partial charge >= 0.3 is 0 Å². The van der Waals surface area contributed by atoms with Crippen molar-refractivity contribution in [1.29, 1.82) is 0 Å². The number of non-ortho nitro benzene ring substituents is 1. The second-order valence-corrected chi connectivity index (χ2v) is 3.31. The van der Waals surface area contributed by atoms with Gasteiger partial charge in [0, 0.05) is 24.1 Å². The number of carbonyl (C=O) groups excluding carboxylic acids is 1. The van der Waals surface area contributed by atoms with Gasteiger partial charge in [-0.05, 0) is 18.9 Å². The second kappa shape index (κ2) is 5.85. The van der Waals surface area contributed by atoms with Crippen LogP contribution in [0.5, 0.6) is 5.75 Å². The molecular weight excluding hydrogens is 210 g/mol. The Morgan fingerprint density at radius 3 is 2.81 bits per heavy atom. The molecule has 0 saturated carbocycles. The lowest BCUT2D eigenvalue weighted by atomic mass is 10.1. The monoisotopic (exact) mass is 223 g/mol. The number of nitro groups is 1. The number of carbonyl (C=O) groups is 1. The zero-order chi connectivity index (χ0) is 12.0. The van der Waals surface area contributed by atoms with Gasteiger partial charge < -0.3 is 9.53 Å². The van der Waals surface area contributed by atoms with E-state index in [1.54, 1.807) is 6.07 Å². The van der Waals surface area contributed by atoms with Gasteiger partial charge in [-0.2, -0.15) is 0 Å². The number of benzene rings is 1. The largest absolute Gasteiger partial charge is 0.496 e. The molecule has 1 aromatic carbocycles. The Kier molecular flexibility index (Phi) is 4.44. The van der Waals surface area contributed by atoms with Crippen LogP contribution in [0.1, 0.15) is 18.4 Å². The number of nitro benzene ring substituents is 1. The summed E-state index contributed by atoms with van der Waals surface area (Å²) in [4.78, 5) is 20.3. The van der Waals surface area contributed by atoms with Crippen molar-refractivity contribution < 1.29 is 14.5 Å². The third-order valence-electron chi connectivity index (χ3n) is 2.24. The first kappa shape index (κ1) is 12.2. The van der Waals surface area contributed by atoms with Crippen molar-refractivity contribution in [3.8, 4) is 5.75 Å². The van der Waals surface area contributed by atoms with Gasteiger partial charge in [0.05, 0.1) is 12.0 Å². The summed E-state index contributed by atoms with van der Waals surface area (Å²) in [5, 5.41) is 10.6. The van der Waals surface area contributed by atoms with Crippen LogP contribution >= 0.6 is 0 Å². The Balaban J connectivity index is 2.88. The van der Waals surface area contributed by atoms with Crippen LogP contribution in [0, 0.1) is 10.1 Å². The molecule has 0 atom stereocenters. The van der Waals surface area contributed by atoms with Gasteiger partial charge in [0.1, 0.15) is 12.0 Å². The van der Waals surface area contributed by atoms with Gasteiger partial charge in [-0.25, -0.2) is 0 Å². The van der Waals surface area contributed by atoms with E-state index in [9.17, 15) is 14.9 Å². The van der Waals surface area contributed by atoms with Crippen molar-refractivity contribution in [1.82, 2.24) is 0 Å². The lowest BCUT2D eigenvalue weighted by Crippen LogP contribution is -1.96. The third kappa shape index (κ3) is 3.05. The van der Waals surface area contributed by atoms with Crippen LogP contribution in [-0.2, 0) is 11.2 Å². The third-order valence-corrected chi connectivity index (χ3v) is 2.24. The smallest absolute Gasteiger partial charge is 0.269 e. The lowest BCUT2D eigenvalue weighted by Gasteiger charge is -2.07. The van der Waals surface area contributed by atoms with Gasteiger partial charge in [0.25, 0.3) is 5.69 Å². The highest BCUT2D eigenvalue weighted by Gasteiger charge is 2.10. The first-order valence-corrected chi connectivity index (χ1v) is 4.94. The molecule has 0 aliphatic heterocycles. The summed E-state index contributed by atoms with van der Waals surface area (Å²) in [6.07, 6.45) is 2.56. The van der Waals surface area contributed by atoms with Crippen molar-refractivity contribution in [2.24, 2.45) is 0 Å². The SMILES string of the molecule is COc1ccc([N+](=O)[O-])cc1CCCC=O. The van der Waals surface area contributed by atoms with Crippen LogP contribution in [-0.4, -0.2) is 18.3 Å². The maximum absolute atomic E-state index is 10.6. The number of methoxy groups -OCH3 is 1. The van der Waals surface area contributed by atoms with Crippen LogP contribution in [0.2, 0.25) is 0 Å². The molecule has 0 aromatic heterocycles. The normalized spacial score (nSPS) is 9.81. The number of unbranched alkanes of at least 4 members (excludes halogenated alkanes) is 1. The fourth-order valence-electron chi connectivity index (χ4n) is 1.45. The Bertz CT molecular complexity index is 390. The quantitative estimate of drug-likeness (QED) is 0.320. The molecule has 86 valence electrons. The molecule has 1 rings (SSSR count). The Morgan fingerprint density at radius 2 is 2.25 bits per heavy atom. The van der Waals surface area contributed by atoms with Gasteiger partial charge in [0.2, 0.25) is 0 Å². The number of rotatable bonds is 6. The highest BCUT2D eigenvalue weighted by atomic mass is 16.6. The van der Waals surface area contributed by atoms with Crippen LogP contribution in [0.15, 0.2) is 18.2 Å². The lowest BCUT2D eigenvalue weighted by molar-refractivity contribution is -0.384. The highest BCUT2D eigenvalue weighted by molar-refractivity contribution is 5.49. The Hall–Kier alpha value is -1.91. The van der Waals surface area contributed by atoms with E-state index in [1.165, 1.54) is 19.2 Å². The Morgan fingerprint density at radius 1 is 1.50 bits per heavy atom. The number of hydrogen-bond donors (Lipinski definition) is 0. The first-order chi connectivity index (χ1) is 7.69. The van der Waals surface area contributed by atoms with Crippen LogP contribution in [0.3, 0.4) is 0 Å². The molecule has 0 spiro atoms. The summed E-state index contributed by atoms with van der Waals surface area (Å²) in [6.45, 7) is 0. The summed E-state index contributed by atoms with van der Waals surface area (Å²) in [6, 6.07) is 4.47. The molecule has 0 fully saturated rings. The van der Waals surface area contributed by atoms with E-state index < -0.39 is 4.92 Å². The van der Waals surface area contributed by atoms with E-state index in [1.807, 2.05) is 0 Å². The molecule has 0 unspecified atom stereocenters. The summed E-state index contributed by atoms with van der Waals surface area (Å²) in [5.41, 5.74) is 0.806. The van der Waals surface area contributed by atoms with Gasteiger partial charge in [-0.15, -0.1) is 0 Å². The second-order valence-electron chi connectivity index (χ2n) is 3.31. The van der Waals surface area contributed by atoms with E-state index in [4.69, 9.17) is 4.74 Å². The van der Waals surface area contributed by atoms with Crippen LogP contribution in [0.25, 0.3) is 0 Å². The summed E-state index contributed by atoms with van der Waals surface area (Å²) >= 11 is 0. The average molecular weight is 223 g/mol. The molecule has 0 N–H and O–H groups in total. The van der Waals surface area contributed by atoms with Crippen molar-refractivity contribution in [2.45, 2.75) is 19.3 Å². The maximum atomic E-state index is 10.6. The van der Waals surface area contributed by atoms with E-state index >= 15 is 0 Å². The zero-order valence-corrected chi connectivity index (χ0v) is 9.01. The number of nitrogens with zero attached hydrogens (tertiary/aromatic N) is 1. The predicted molar refractivity (Wildman–Crippen MR) is 58.7 cm³/mol. The minimum Gasteiger partial charge on any atom is -0.496 e. The van der Waals surface area contributed by atoms with Crippen LogP contribution in [0.4, 0.5) is 5.69 Å². The maximum Gasteiger partial charge on any atom is 0.269 e. The molecule has 0 aliphatic rings. The summed E-state index contributed by atoms with van der Waals surface area (Å²) < 4.78 is 5.10. The summed E-state index contributed by atoms with van der Waals surface area (Å²) in [5.74, 6) is 0.622. The molecule has 16 heavy (non-hydrogen) atoms. The molecule has 0 heterocycles. The van der Waals surface area contributed by atoms with E-state index in [0.717, 1.165) is 11.8 Å². The molecule has 0 radical (unpaired) electrons. The number of ether oxygens (including phenoxy) is 1. The van der Waals surface area contributed by atoms with E-state index in [2.05, 4.69) is 0 Å². The van der Waals surface area contributed by atoms with Crippen LogP contribution < -0.4 is 4.74 Å². The van der Waals surface area contributed by atoms with E-state index in [-0.39, 0.29) is 5.69 Å². The van der Waals surface area contributed by atoms with Gasteiger partial charge in [-0.1, -0.05) is 0 Å². The standard InChI is InChI=1S/C11H13NO4/c1-16-11-6-5-10(12(14)15)8-9(11)4-2-3-7-13/h5-8H,2-4H2,1H3. The molecule has 0 amide bonds. The number of aldehydes is 1. The minimum absolute atomic E-state index is 0.0434. The van der Waals surface area contributed by atoms with Crippen molar-refractivity contribution in [3.63, 3.8) is 0 Å². The Labute approximate surface area is 93.2 Å². The zero-order valence-electron chi connectivity index (χ0n) is 9.01. The fraction of sp³-hybridized carbons (Fsp3) is 0.364. The fourth-order valence-corrected chi connectivity index (χ4v) is 1.45. The van der Waals surface area contributed by atoms with Crippen molar-refractivity contribution in [3.05, 3.63) is 33.9 Å². The molecule has 1 aromatic rings. The molecular formula is C11H13NO4. The van der Waals surface area contributed by atoms with E-state index in [0.29, 0.717) is 25.0 Å². The van der Waals surface area contributed by atoms with Gasteiger partial charge in [-0.3, -0.25) is 10.1 Å². The molecule has 0 aliphatic carbocycles. The minimum atomic E-state index is -0.442. The summed E-state index contributed by atoms with van der Waals surface area (Å²) in [7, 11) is 1.52. The number of hydrogen-bond acceptors (Lipinski definition) is 4. The number of aryl methyl sites for hydroxylation is 1. The highest BCUT2D eigenvalue weighted by Crippen LogP contribution is 2.25. The molecule has 5 heteroatoms. The molecule has 5 nitrogen and oxygen atoms in total. The topological polar surface area (TPSA) is 69.4 Å². The molecule has 0 saturated heterocycles.